The molecular formula is C14H17N3OS. The van der Waals surface area contributed by atoms with E-state index in [1.165, 1.54) is 12.8 Å². The second-order valence-electron chi connectivity index (χ2n) is 4.79. The lowest BCUT2D eigenvalue weighted by atomic mass is 10.0. The number of nitrogens with zero attached hydrogens (tertiary/aromatic N) is 1. The van der Waals surface area contributed by atoms with Gasteiger partial charge in [-0.15, -0.1) is 11.3 Å². The van der Waals surface area contributed by atoms with E-state index in [1.807, 2.05) is 24.6 Å². The van der Waals surface area contributed by atoms with Gasteiger partial charge >= 0.3 is 0 Å². The van der Waals surface area contributed by atoms with Gasteiger partial charge < -0.3 is 4.74 Å². The van der Waals surface area contributed by atoms with E-state index < -0.39 is 0 Å². The van der Waals surface area contributed by atoms with Crippen LogP contribution in [-0.4, -0.2) is 11.1 Å². The summed E-state index contributed by atoms with van der Waals surface area (Å²) in [6, 6.07) is 8.12. The molecule has 0 spiro atoms. The van der Waals surface area contributed by atoms with Crippen molar-refractivity contribution in [2.24, 2.45) is 5.84 Å². The highest BCUT2D eigenvalue weighted by molar-refractivity contribution is 7.09. The number of ether oxygens (including phenoxy) is 1. The molecule has 1 aliphatic rings. The van der Waals surface area contributed by atoms with Crippen LogP contribution < -0.4 is 16.0 Å². The zero-order valence-corrected chi connectivity index (χ0v) is 11.6. The molecule has 0 radical (unpaired) electrons. The van der Waals surface area contributed by atoms with Crippen LogP contribution in [0.25, 0.3) is 0 Å². The molecular weight excluding hydrogens is 258 g/mol. The maximum Gasteiger partial charge on any atom is 0.119 e. The zero-order chi connectivity index (χ0) is 13.2. The molecule has 1 heterocycles. The molecule has 1 atom stereocenters. The summed E-state index contributed by atoms with van der Waals surface area (Å²) in [5.41, 5.74) is 6.85. The Kier molecular flexibility index (Phi) is 3.50. The molecule has 0 amide bonds. The van der Waals surface area contributed by atoms with E-state index in [-0.39, 0.29) is 6.04 Å². The van der Waals surface area contributed by atoms with Crippen LogP contribution in [0.15, 0.2) is 29.8 Å². The van der Waals surface area contributed by atoms with Crippen molar-refractivity contribution < 1.29 is 4.74 Å². The van der Waals surface area contributed by atoms with Gasteiger partial charge in [0.25, 0.3) is 0 Å². The third-order valence-electron chi connectivity index (χ3n) is 3.25. The molecule has 0 bridgehead atoms. The first kappa shape index (κ1) is 12.6. The quantitative estimate of drug-likeness (QED) is 0.650. The predicted octanol–water partition coefficient (Wildman–Crippen LogP) is 2.55. The van der Waals surface area contributed by atoms with Gasteiger partial charge in [0.05, 0.1) is 28.2 Å². The van der Waals surface area contributed by atoms with Crippen LogP contribution in [0.2, 0.25) is 0 Å². The van der Waals surface area contributed by atoms with Gasteiger partial charge in [-0.2, -0.15) is 0 Å². The number of rotatable bonds is 5. The monoisotopic (exact) mass is 275 g/mol. The lowest BCUT2D eigenvalue weighted by Gasteiger charge is -2.16. The van der Waals surface area contributed by atoms with Gasteiger partial charge in [-0.05, 0) is 37.5 Å². The second kappa shape index (κ2) is 5.28. The average Bonchev–Trinajstić information content (AvgIpc) is 3.14. The molecule has 2 aromatic rings. The fourth-order valence-corrected chi connectivity index (χ4v) is 2.92. The van der Waals surface area contributed by atoms with Gasteiger partial charge in [-0.25, -0.2) is 10.4 Å². The molecule has 1 unspecified atom stereocenters. The van der Waals surface area contributed by atoms with E-state index in [1.54, 1.807) is 11.3 Å². The highest BCUT2D eigenvalue weighted by atomic mass is 32.1. The summed E-state index contributed by atoms with van der Waals surface area (Å²) in [6.07, 6.45) is 2.78. The van der Waals surface area contributed by atoms with Crippen molar-refractivity contribution >= 4 is 11.3 Å². The van der Waals surface area contributed by atoms with Gasteiger partial charge in [0.15, 0.2) is 0 Å². The molecule has 1 aromatic carbocycles. The van der Waals surface area contributed by atoms with E-state index in [4.69, 9.17) is 10.6 Å². The Balaban J connectivity index is 1.81. The standard InChI is InChI=1S/C14H17N3OS/c1-9-14(19-8-16-9)13(17-15)10-2-4-11(5-3-10)18-12-6-7-12/h2-5,8,12-13,17H,6-7,15H2,1H3. The second-order valence-corrected chi connectivity index (χ2v) is 5.67. The van der Waals surface area contributed by atoms with Crippen LogP contribution in [0.1, 0.15) is 35.0 Å². The molecule has 1 aliphatic carbocycles. The number of hydrogen-bond donors (Lipinski definition) is 2. The number of hydrogen-bond acceptors (Lipinski definition) is 5. The summed E-state index contributed by atoms with van der Waals surface area (Å²) in [7, 11) is 0. The van der Waals surface area contributed by atoms with Crippen LogP contribution in [0, 0.1) is 6.92 Å². The summed E-state index contributed by atoms with van der Waals surface area (Å²) in [5, 5.41) is 0. The van der Waals surface area contributed by atoms with Gasteiger partial charge in [-0.1, -0.05) is 12.1 Å². The summed E-state index contributed by atoms with van der Waals surface area (Å²) in [4.78, 5) is 5.43. The minimum atomic E-state index is -0.0116. The van der Waals surface area contributed by atoms with Crippen LogP contribution in [0.4, 0.5) is 0 Å². The Hall–Kier alpha value is -1.43. The van der Waals surface area contributed by atoms with Crippen LogP contribution >= 0.6 is 11.3 Å². The molecule has 100 valence electrons. The smallest absolute Gasteiger partial charge is 0.119 e. The highest BCUT2D eigenvalue weighted by Crippen LogP contribution is 2.30. The molecule has 3 rings (SSSR count). The van der Waals surface area contributed by atoms with Crippen molar-refractivity contribution in [1.29, 1.82) is 0 Å². The van der Waals surface area contributed by atoms with Gasteiger partial charge in [-0.3, -0.25) is 5.84 Å². The van der Waals surface area contributed by atoms with E-state index in [2.05, 4.69) is 22.5 Å². The molecule has 4 nitrogen and oxygen atoms in total. The Morgan fingerprint density at radius 3 is 2.63 bits per heavy atom. The number of aryl methyl sites for hydroxylation is 1. The van der Waals surface area contributed by atoms with Crippen LogP contribution in [0.5, 0.6) is 5.75 Å². The van der Waals surface area contributed by atoms with E-state index in [0.29, 0.717) is 6.10 Å². The third-order valence-corrected chi connectivity index (χ3v) is 4.25. The van der Waals surface area contributed by atoms with E-state index in [9.17, 15) is 0 Å². The minimum absolute atomic E-state index is 0.0116. The highest BCUT2D eigenvalue weighted by Gasteiger charge is 2.23. The molecule has 1 aromatic heterocycles. The summed E-state index contributed by atoms with van der Waals surface area (Å²) in [5.74, 6) is 6.62. The molecule has 19 heavy (non-hydrogen) atoms. The Bertz CT molecular complexity index is 548. The molecule has 3 N–H and O–H groups in total. The fourth-order valence-electron chi connectivity index (χ4n) is 2.03. The maximum absolute atomic E-state index is 5.75. The van der Waals surface area contributed by atoms with E-state index in [0.717, 1.165) is 21.9 Å². The first-order chi connectivity index (χ1) is 9.28. The van der Waals surface area contributed by atoms with Crippen molar-refractivity contribution in [2.45, 2.75) is 31.9 Å². The van der Waals surface area contributed by atoms with Crippen molar-refractivity contribution in [2.75, 3.05) is 0 Å². The van der Waals surface area contributed by atoms with Gasteiger partial charge in [0.1, 0.15) is 5.75 Å². The lowest BCUT2D eigenvalue weighted by Crippen LogP contribution is -2.28. The predicted molar refractivity (Wildman–Crippen MR) is 76.1 cm³/mol. The maximum atomic E-state index is 5.75. The molecule has 5 heteroatoms. The molecule has 1 saturated carbocycles. The fraction of sp³-hybridized carbons (Fsp3) is 0.357. The van der Waals surface area contributed by atoms with Crippen LogP contribution in [0.3, 0.4) is 0 Å². The summed E-state index contributed by atoms with van der Waals surface area (Å²) in [6.45, 7) is 2.00. The van der Waals surface area contributed by atoms with Gasteiger partial charge in [0.2, 0.25) is 0 Å². The number of nitrogens with one attached hydrogen (secondary N) is 1. The first-order valence-electron chi connectivity index (χ1n) is 6.40. The number of hydrazine groups is 1. The van der Waals surface area contributed by atoms with Gasteiger partial charge in [0, 0.05) is 0 Å². The Morgan fingerprint density at radius 2 is 2.11 bits per heavy atom. The number of nitrogens with two attached hydrogens (primary N) is 1. The van der Waals surface area contributed by atoms with E-state index >= 15 is 0 Å². The SMILES string of the molecule is Cc1ncsc1C(NN)c1ccc(OC2CC2)cc1. The minimum Gasteiger partial charge on any atom is -0.490 e. The molecule has 0 aliphatic heterocycles. The number of benzene rings is 1. The number of thiazole rings is 1. The largest absolute Gasteiger partial charge is 0.490 e. The normalized spacial score (nSPS) is 16.3. The average molecular weight is 275 g/mol. The first-order valence-corrected chi connectivity index (χ1v) is 7.28. The Labute approximate surface area is 116 Å². The topological polar surface area (TPSA) is 60.2 Å². The zero-order valence-electron chi connectivity index (χ0n) is 10.8. The third kappa shape index (κ3) is 2.78. The van der Waals surface area contributed by atoms with Crippen molar-refractivity contribution in [3.8, 4) is 5.75 Å². The lowest BCUT2D eigenvalue weighted by molar-refractivity contribution is 0.303. The Morgan fingerprint density at radius 1 is 1.37 bits per heavy atom. The molecule has 0 saturated heterocycles. The van der Waals surface area contributed by atoms with Crippen molar-refractivity contribution in [3.63, 3.8) is 0 Å². The summed E-state index contributed by atoms with van der Waals surface area (Å²) >= 11 is 1.62. The summed E-state index contributed by atoms with van der Waals surface area (Å²) < 4.78 is 5.75. The molecule has 1 fully saturated rings. The van der Waals surface area contributed by atoms with Crippen molar-refractivity contribution in [3.05, 3.63) is 45.9 Å². The van der Waals surface area contributed by atoms with Crippen molar-refractivity contribution in [1.82, 2.24) is 10.4 Å². The number of aromatic nitrogens is 1. The van der Waals surface area contributed by atoms with Crippen LogP contribution in [-0.2, 0) is 0 Å².